The molecule has 0 aromatic heterocycles. The van der Waals surface area contributed by atoms with E-state index in [0.717, 1.165) is 25.0 Å². The summed E-state index contributed by atoms with van der Waals surface area (Å²) in [5.74, 6) is -1.57. The van der Waals surface area contributed by atoms with E-state index in [1.807, 2.05) is 0 Å². The van der Waals surface area contributed by atoms with Crippen LogP contribution in [0, 0.1) is 13.8 Å². The number of hydrogen-bond acceptors (Lipinski definition) is 11. The van der Waals surface area contributed by atoms with Crippen molar-refractivity contribution in [3.8, 4) is 0 Å². The van der Waals surface area contributed by atoms with Gasteiger partial charge in [-0.05, 0) is 38.1 Å². The summed E-state index contributed by atoms with van der Waals surface area (Å²) in [7, 11) is -9.05. The lowest BCUT2D eigenvalue weighted by Gasteiger charge is -2.37. The molecule has 2 aromatic rings. The van der Waals surface area contributed by atoms with Crippen LogP contribution < -0.4 is 0 Å². The molecule has 11 nitrogen and oxygen atoms in total. The Bertz CT molecular complexity index is 1280. The van der Waals surface area contributed by atoms with Gasteiger partial charge in [0.2, 0.25) is 0 Å². The first-order valence-electron chi connectivity index (χ1n) is 11.3. The molecule has 0 amide bonds. The number of benzene rings is 2. The molecular weight excluding hydrogens is 528 g/mol. The highest BCUT2D eigenvalue weighted by Crippen LogP contribution is 2.44. The van der Waals surface area contributed by atoms with Crippen LogP contribution in [0.5, 0.6) is 0 Å². The van der Waals surface area contributed by atoms with Gasteiger partial charge in [0.05, 0.1) is 9.79 Å². The molecule has 0 bridgehead atoms. The minimum absolute atomic E-state index is 0.220. The average molecular weight is 555 g/mol. The van der Waals surface area contributed by atoms with Crippen LogP contribution in [0.25, 0.3) is 0 Å². The van der Waals surface area contributed by atoms with Crippen LogP contribution in [0.2, 0.25) is 0 Å². The number of hydrogen-bond donors (Lipinski definition) is 0. The van der Waals surface area contributed by atoms with Crippen LogP contribution in [-0.4, -0.2) is 65.4 Å². The minimum Gasteiger partial charge on any atom is -0.457 e. The van der Waals surface area contributed by atoms with Crippen molar-refractivity contribution in [1.29, 1.82) is 0 Å². The normalized spacial score (nSPS) is 27.1. The second kappa shape index (κ2) is 10.1. The average Bonchev–Trinajstić information content (AvgIpc) is 3.59. The number of aryl methyl sites for hydroxylation is 2. The van der Waals surface area contributed by atoms with Gasteiger partial charge in [0.25, 0.3) is 20.2 Å². The zero-order valence-corrected chi connectivity index (χ0v) is 22.0. The van der Waals surface area contributed by atoms with Gasteiger partial charge in [-0.1, -0.05) is 35.4 Å². The van der Waals surface area contributed by atoms with Gasteiger partial charge in [-0.2, -0.15) is 16.8 Å². The minimum atomic E-state index is -4.52. The van der Waals surface area contributed by atoms with Crippen molar-refractivity contribution in [3.05, 3.63) is 59.7 Å². The number of ether oxygens (including phenoxy) is 3. The summed E-state index contributed by atoms with van der Waals surface area (Å²) in [6, 6.07) is 11.5. The van der Waals surface area contributed by atoms with Crippen molar-refractivity contribution in [2.24, 2.45) is 0 Å². The SMILES string of the molecule is CC(=O)O[C@@H]1[C@H]2O[C@H]2[C@H](OC(C)=O)[C@@H](OS(=O)(=O)c2ccc(C)cc2)[C@H]1OS(=O)(=O)c1ccc(C)cc1. The lowest BCUT2D eigenvalue weighted by atomic mass is 9.89. The standard InChI is InChI=1S/C24H26O11S2/c1-13-5-9-17(10-6-13)36(27,28)34-23-21(31-15(3)25)19-20(33-19)22(32-16(4)26)24(23)35-37(29,30)18-11-7-14(2)8-12-18/h5-12,19-24H,1-4H3/t19-,20+,21+,22-,23-,24+. The summed E-state index contributed by atoms with van der Waals surface area (Å²) in [4.78, 5) is 23.3. The maximum Gasteiger partial charge on any atom is 0.303 e. The molecule has 2 aliphatic rings. The lowest BCUT2D eigenvalue weighted by molar-refractivity contribution is -0.172. The van der Waals surface area contributed by atoms with E-state index in [9.17, 15) is 26.4 Å². The van der Waals surface area contributed by atoms with Crippen LogP contribution in [0.3, 0.4) is 0 Å². The molecule has 0 spiro atoms. The van der Waals surface area contributed by atoms with Crippen LogP contribution in [0.1, 0.15) is 25.0 Å². The first kappa shape index (κ1) is 27.2. The number of carbonyl (C=O) groups is 2. The molecule has 0 unspecified atom stereocenters. The third-order valence-electron chi connectivity index (χ3n) is 5.88. The smallest absolute Gasteiger partial charge is 0.303 e. The maximum absolute atomic E-state index is 13.2. The zero-order valence-electron chi connectivity index (χ0n) is 20.4. The number of epoxide rings is 1. The molecule has 6 atom stereocenters. The number of esters is 2. The van der Waals surface area contributed by atoms with Crippen molar-refractivity contribution in [1.82, 2.24) is 0 Å². The zero-order chi connectivity index (χ0) is 27.1. The van der Waals surface area contributed by atoms with Gasteiger partial charge in [-0.15, -0.1) is 0 Å². The van der Waals surface area contributed by atoms with Crippen LogP contribution in [-0.2, 0) is 52.4 Å². The molecule has 1 aliphatic heterocycles. The maximum atomic E-state index is 13.2. The van der Waals surface area contributed by atoms with E-state index in [4.69, 9.17) is 22.6 Å². The molecule has 0 N–H and O–H groups in total. The van der Waals surface area contributed by atoms with E-state index in [-0.39, 0.29) is 9.79 Å². The summed E-state index contributed by atoms with van der Waals surface area (Å²) in [6.07, 6.45) is -8.02. The fourth-order valence-corrected chi connectivity index (χ4v) is 6.28. The van der Waals surface area contributed by atoms with Gasteiger partial charge in [0.15, 0.2) is 12.2 Å². The number of rotatable bonds is 8. The van der Waals surface area contributed by atoms with Gasteiger partial charge < -0.3 is 14.2 Å². The summed E-state index contributed by atoms with van der Waals surface area (Å²) >= 11 is 0. The van der Waals surface area contributed by atoms with E-state index in [2.05, 4.69) is 0 Å². The number of carbonyl (C=O) groups excluding carboxylic acids is 2. The highest BCUT2D eigenvalue weighted by molar-refractivity contribution is 7.87. The summed E-state index contributed by atoms with van der Waals surface area (Å²) in [6.45, 7) is 5.73. The Morgan fingerprint density at radius 1 is 0.622 bits per heavy atom. The highest BCUT2D eigenvalue weighted by Gasteiger charge is 2.67. The van der Waals surface area contributed by atoms with Gasteiger partial charge in [-0.25, -0.2) is 0 Å². The largest absolute Gasteiger partial charge is 0.457 e. The van der Waals surface area contributed by atoms with Crippen LogP contribution in [0.4, 0.5) is 0 Å². The lowest BCUT2D eigenvalue weighted by Crippen LogP contribution is -2.59. The summed E-state index contributed by atoms with van der Waals surface area (Å²) in [5.41, 5.74) is 1.59. The molecule has 37 heavy (non-hydrogen) atoms. The monoisotopic (exact) mass is 554 g/mol. The quantitative estimate of drug-likeness (QED) is 0.267. The van der Waals surface area contributed by atoms with Crippen molar-refractivity contribution in [3.63, 3.8) is 0 Å². The van der Waals surface area contributed by atoms with Crippen molar-refractivity contribution >= 4 is 32.2 Å². The Morgan fingerprint density at radius 2 is 0.946 bits per heavy atom. The molecule has 1 saturated heterocycles. The molecule has 4 rings (SSSR count). The molecule has 2 fully saturated rings. The molecule has 13 heteroatoms. The van der Waals surface area contributed by atoms with Crippen LogP contribution in [0.15, 0.2) is 58.3 Å². The predicted molar refractivity (Wildman–Crippen MR) is 126 cm³/mol. The Balaban J connectivity index is 1.77. The first-order chi connectivity index (χ1) is 17.3. The Labute approximate surface area is 214 Å². The van der Waals surface area contributed by atoms with Crippen LogP contribution >= 0.6 is 0 Å². The van der Waals surface area contributed by atoms with E-state index in [1.54, 1.807) is 38.1 Å². The molecular formula is C24H26O11S2. The van der Waals surface area contributed by atoms with Gasteiger partial charge in [0, 0.05) is 13.8 Å². The fourth-order valence-electron chi connectivity index (χ4n) is 4.10. The third-order valence-corrected chi connectivity index (χ3v) is 8.53. The molecule has 0 radical (unpaired) electrons. The van der Waals surface area contributed by atoms with Gasteiger partial charge in [-0.3, -0.25) is 18.0 Å². The van der Waals surface area contributed by atoms with Crippen molar-refractivity contribution < 1.29 is 49.0 Å². The summed E-state index contributed by atoms with van der Waals surface area (Å²) < 4.78 is 79.9. The van der Waals surface area contributed by atoms with Crippen molar-refractivity contribution in [2.75, 3.05) is 0 Å². The molecule has 1 saturated carbocycles. The van der Waals surface area contributed by atoms with Crippen molar-refractivity contribution in [2.45, 2.75) is 74.1 Å². The first-order valence-corrected chi connectivity index (χ1v) is 14.1. The number of fused-ring (bicyclic) bond motifs is 1. The molecule has 200 valence electrons. The summed E-state index contributed by atoms with van der Waals surface area (Å²) in [5, 5.41) is 0. The van der Waals surface area contributed by atoms with E-state index < -0.39 is 68.8 Å². The second-order valence-corrected chi connectivity index (χ2v) is 12.0. The fraction of sp³-hybridized carbons (Fsp3) is 0.417. The Morgan fingerprint density at radius 3 is 1.24 bits per heavy atom. The Hall–Kier alpha value is -2.84. The molecule has 1 heterocycles. The second-order valence-electron chi connectivity index (χ2n) is 8.87. The van der Waals surface area contributed by atoms with E-state index in [0.29, 0.717) is 0 Å². The third kappa shape index (κ3) is 6.02. The van der Waals surface area contributed by atoms with E-state index in [1.165, 1.54) is 24.3 Å². The highest BCUT2D eigenvalue weighted by atomic mass is 32.2. The Kier molecular flexibility index (Phi) is 7.45. The molecule has 2 aromatic carbocycles. The van der Waals surface area contributed by atoms with Gasteiger partial charge in [0.1, 0.15) is 24.4 Å². The topological polar surface area (TPSA) is 152 Å². The van der Waals surface area contributed by atoms with Gasteiger partial charge >= 0.3 is 11.9 Å². The molecule has 1 aliphatic carbocycles. The van der Waals surface area contributed by atoms with E-state index >= 15 is 0 Å². The predicted octanol–water partition coefficient (Wildman–Crippen LogP) is 1.80.